The van der Waals surface area contributed by atoms with Crippen molar-refractivity contribution in [1.29, 1.82) is 0 Å². The highest BCUT2D eigenvalue weighted by Gasteiger charge is 2.27. The Kier molecular flexibility index (Phi) is 60.9. The second-order valence-electron chi connectivity index (χ2n) is 22.7. The molecule has 0 aliphatic heterocycles. The molecule has 9 nitrogen and oxygen atoms in total. The fraction of sp³-hybridized carbons (Fsp3) is 0.579. The second kappa shape index (κ2) is 64.6. The molecule has 0 radical (unpaired) electrons. The fourth-order valence-electron chi connectivity index (χ4n) is 8.37. The molecule has 1 N–H and O–H groups in total. The van der Waals surface area contributed by atoms with Crippen molar-refractivity contribution in [2.75, 3.05) is 47.5 Å². The van der Waals surface area contributed by atoms with Gasteiger partial charge in [-0.05, 0) is 128 Å². The molecule has 0 aromatic rings. The number of esters is 2. The lowest BCUT2D eigenvalue weighted by atomic mass is 10.0. The van der Waals surface area contributed by atoms with Gasteiger partial charge in [0.1, 0.15) is 19.8 Å². The van der Waals surface area contributed by atoms with Crippen molar-refractivity contribution in [2.45, 2.75) is 238 Å². The van der Waals surface area contributed by atoms with Crippen molar-refractivity contribution < 1.29 is 42.1 Å². The number of phosphoric ester groups is 1. The Morgan fingerprint density at radius 3 is 0.965 bits per heavy atom. The molecule has 0 saturated heterocycles. The molecule has 0 spiro atoms. The summed E-state index contributed by atoms with van der Waals surface area (Å²) in [5, 5.41) is 0. The Bertz CT molecular complexity index is 2100. The van der Waals surface area contributed by atoms with Crippen LogP contribution >= 0.6 is 7.82 Å². The van der Waals surface area contributed by atoms with E-state index in [1.54, 1.807) is 0 Å². The number of carbonyl (C=O) groups excluding carboxylic acids is 2. The minimum atomic E-state index is -4.42. The van der Waals surface area contributed by atoms with Crippen molar-refractivity contribution in [3.05, 3.63) is 182 Å². The minimum absolute atomic E-state index is 0.0108. The van der Waals surface area contributed by atoms with Gasteiger partial charge in [0.2, 0.25) is 0 Å². The Morgan fingerprint density at radius 1 is 0.360 bits per heavy atom. The molecular formula is C76H123NO8P+. The van der Waals surface area contributed by atoms with Gasteiger partial charge in [0.05, 0.1) is 27.7 Å². The van der Waals surface area contributed by atoms with Crippen LogP contribution < -0.4 is 0 Å². The van der Waals surface area contributed by atoms with E-state index < -0.39 is 32.5 Å². The summed E-state index contributed by atoms with van der Waals surface area (Å²) in [6.07, 6.45) is 99.9. The van der Waals surface area contributed by atoms with Gasteiger partial charge in [-0.2, -0.15) is 0 Å². The zero-order chi connectivity index (χ0) is 62.6. The number of nitrogens with zero attached hydrogens (tertiary/aromatic N) is 1. The maximum absolute atomic E-state index is 12.8. The van der Waals surface area contributed by atoms with Crippen LogP contribution in [0, 0.1) is 0 Å². The normalized spacial score (nSPS) is 14.3. The van der Waals surface area contributed by atoms with Gasteiger partial charge in [-0.15, -0.1) is 0 Å². The summed E-state index contributed by atoms with van der Waals surface area (Å²) in [5.41, 5.74) is 0. The van der Waals surface area contributed by atoms with Gasteiger partial charge in [0.25, 0.3) is 0 Å². The summed E-state index contributed by atoms with van der Waals surface area (Å²) in [5.74, 6) is -0.880. The van der Waals surface area contributed by atoms with Crippen LogP contribution in [-0.2, 0) is 32.7 Å². The van der Waals surface area contributed by atoms with Crippen LogP contribution in [0.2, 0.25) is 0 Å². The average Bonchev–Trinajstić information content (AvgIpc) is 3.67. The SMILES string of the molecule is CC/C=C\C/C=C\C/C=C\C/C=C\C/C=C\C/C=C\C/C=C\C/C=C\C/C=C\CCCC(=O)OC(COC(=O)CCCCCCCCCCCCCCCC/C=C\C/C=C\C/C=C\C/C=C\C/C=C\C/C=C\CC)COP(=O)(O)OCC[N+](C)(C)C. The van der Waals surface area contributed by atoms with Crippen molar-refractivity contribution in [1.82, 2.24) is 0 Å². The van der Waals surface area contributed by atoms with Crippen LogP contribution in [0.4, 0.5) is 0 Å². The molecule has 0 aromatic heterocycles. The van der Waals surface area contributed by atoms with E-state index in [4.69, 9.17) is 18.5 Å². The summed E-state index contributed by atoms with van der Waals surface area (Å²) in [4.78, 5) is 35.8. The first-order valence-corrected chi connectivity index (χ1v) is 35.0. The van der Waals surface area contributed by atoms with Gasteiger partial charge in [-0.3, -0.25) is 18.6 Å². The van der Waals surface area contributed by atoms with Crippen molar-refractivity contribution in [3.8, 4) is 0 Å². The number of unbranched alkanes of at least 4 members (excludes halogenated alkanes) is 15. The molecule has 2 unspecified atom stereocenters. The number of allylic oxidation sites excluding steroid dienone is 30. The quantitative estimate of drug-likeness (QED) is 0.0211. The molecule has 484 valence electrons. The zero-order valence-electron chi connectivity index (χ0n) is 55.0. The number of ether oxygens (including phenoxy) is 2. The molecule has 2 atom stereocenters. The first-order valence-electron chi connectivity index (χ1n) is 33.5. The van der Waals surface area contributed by atoms with Crippen LogP contribution in [0.25, 0.3) is 0 Å². The summed E-state index contributed by atoms with van der Waals surface area (Å²) >= 11 is 0. The minimum Gasteiger partial charge on any atom is -0.462 e. The molecule has 0 aliphatic carbocycles. The van der Waals surface area contributed by atoms with Crippen molar-refractivity contribution in [3.63, 3.8) is 0 Å². The number of rotatable bonds is 59. The van der Waals surface area contributed by atoms with E-state index in [0.717, 1.165) is 122 Å². The molecule has 0 fully saturated rings. The number of quaternary nitrogens is 1. The first-order chi connectivity index (χ1) is 42.0. The van der Waals surface area contributed by atoms with Crippen LogP contribution in [0.5, 0.6) is 0 Å². The predicted molar refractivity (Wildman–Crippen MR) is 371 cm³/mol. The Hall–Kier alpha value is -4.89. The molecule has 0 aromatic carbocycles. The van der Waals surface area contributed by atoms with Crippen LogP contribution in [0.1, 0.15) is 232 Å². The van der Waals surface area contributed by atoms with Gasteiger partial charge >= 0.3 is 19.8 Å². The number of likely N-dealkylation sites (N-methyl/N-ethyl adjacent to an activating group) is 1. The summed E-state index contributed by atoms with van der Waals surface area (Å²) in [7, 11) is 1.42. The lowest BCUT2D eigenvalue weighted by Crippen LogP contribution is -2.37. The lowest BCUT2D eigenvalue weighted by Gasteiger charge is -2.24. The van der Waals surface area contributed by atoms with Gasteiger partial charge in [0, 0.05) is 12.8 Å². The van der Waals surface area contributed by atoms with Crippen LogP contribution in [0.15, 0.2) is 182 Å². The van der Waals surface area contributed by atoms with Crippen molar-refractivity contribution in [2.24, 2.45) is 0 Å². The third-order valence-corrected chi connectivity index (χ3v) is 14.4. The van der Waals surface area contributed by atoms with E-state index in [2.05, 4.69) is 190 Å². The number of hydrogen-bond donors (Lipinski definition) is 1. The lowest BCUT2D eigenvalue weighted by molar-refractivity contribution is -0.870. The molecule has 0 rings (SSSR count). The second-order valence-corrected chi connectivity index (χ2v) is 24.2. The van der Waals surface area contributed by atoms with E-state index in [-0.39, 0.29) is 26.1 Å². The smallest absolute Gasteiger partial charge is 0.462 e. The fourth-order valence-corrected chi connectivity index (χ4v) is 9.11. The zero-order valence-corrected chi connectivity index (χ0v) is 55.9. The first kappa shape index (κ1) is 81.1. The Balaban J connectivity index is 4.22. The molecule has 0 amide bonds. The van der Waals surface area contributed by atoms with E-state index in [9.17, 15) is 19.0 Å². The number of phosphoric acid groups is 1. The highest BCUT2D eigenvalue weighted by Crippen LogP contribution is 2.43. The van der Waals surface area contributed by atoms with E-state index in [1.165, 1.54) is 70.6 Å². The molecule has 0 saturated carbocycles. The number of carbonyl (C=O) groups is 2. The van der Waals surface area contributed by atoms with Crippen LogP contribution in [0.3, 0.4) is 0 Å². The van der Waals surface area contributed by atoms with Gasteiger partial charge < -0.3 is 18.9 Å². The molecule has 0 aliphatic rings. The summed E-state index contributed by atoms with van der Waals surface area (Å²) in [6.45, 7) is 4.12. The molecule has 86 heavy (non-hydrogen) atoms. The molecule has 0 bridgehead atoms. The highest BCUT2D eigenvalue weighted by atomic mass is 31.2. The van der Waals surface area contributed by atoms with Gasteiger partial charge in [0.15, 0.2) is 6.10 Å². The predicted octanol–water partition coefficient (Wildman–Crippen LogP) is 21.9. The standard InChI is InChI=1S/C76H122NO8P/c1-6-8-10-12-14-16-18-20-22-24-26-28-30-32-34-36-37-38-39-41-42-44-46-48-50-52-54-56-58-60-62-64-66-68-75(78)82-72-74(73-84-86(80,81)83-71-70-77(3,4)5)85-76(79)69-67-65-63-61-59-57-55-53-51-49-47-45-43-40-35-33-31-29-27-25-23-21-19-17-15-13-11-9-7-2/h8-11,14-17,20-23,26-29,32-35,37-38,43,45,49,51,55,57,61,63,74H,6-7,12-13,18-19,24-25,30-31,36,39-42,44,46-48,50,52-54,56,58-60,62,64-73H2,1-5H3/p+1/b10-8-,11-9-,16-14-,17-15-,22-20-,23-21-,28-26-,29-27-,34-32-,35-33-,38-37-,45-43-,51-49-,57-55-,63-61-. The van der Waals surface area contributed by atoms with E-state index in [1.807, 2.05) is 27.2 Å². The topological polar surface area (TPSA) is 108 Å². The maximum atomic E-state index is 12.8. The van der Waals surface area contributed by atoms with E-state index >= 15 is 0 Å². The maximum Gasteiger partial charge on any atom is 0.472 e. The monoisotopic (exact) mass is 1210 g/mol. The van der Waals surface area contributed by atoms with Gasteiger partial charge in [-0.25, -0.2) is 4.57 Å². The number of hydrogen-bond acceptors (Lipinski definition) is 7. The van der Waals surface area contributed by atoms with Crippen molar-refractivity contribution >= 4 is 19.8 Å². The third-order valence-electron chi connectivity index (χ3n) is 13.4. The highest BCUT2D eigenvalue weighted by molar-refractivity contribution is 7.47. The summed E-state index contributed by atoms with van der Waals surface area (Å²) < 4.78 is 34.6. The largest absolute Gasteiger partial charge is 0.472 e. The molecular weight excluding hydrogens is 1090 g/mol. The van der Waals surface area contributed by atoms with Gasteiger partial charge in [-0.1, -0.05) is 273 Å². The molecule has 0 heterocycles. The molecule has 10 heteroatoms. The third kappa shape index (κ3) is 68.2. The Morgan fingerprint density at radius 2 is 0.640 bits per heavy atom. The average molecular weight is 1210 g/mol. The Labute approximate surface area is 527 Å². The summed E-state index contributed by atoms with van der Waals surface area (Å²) in [6, 6.07) is 0. The van der Waals surface area contributed by atoms with Crippen LogP contribution in [-0.4, -0.2) is 74.9 Å². The van der Waals surface area contributed by atoms with E-state index in [0.29, 0.717) is 23.9 Å².